The molecule has 1 aliphatic carbocycles. The lowest BCUT2D eigenvalue weighted by Gasteiger charge is -2.28. The van der Waals surface area contributed by atoms with Crippen molar-refractivity contribution >= 4 is 17.5 Å². The number of nitrogens with zero attached hydrogens (tertiary/aromatic N) is 2. The normalized spacial score (nSPS) is 19.6. The van der Waals surface area contributed by atoms with E-state index >= 15 is 0 Å². The monoisotopic (exact) mass is 379 g/mol. The van der Waals surface area contributed by atoms with E-state index in [4.69, 9.17) is 21.1 Å². The lowest BCUT2D eigenvalue weighted by Crippen LogP contribution is -2.41. The van der Waals surface area contributed by atoms with Crippen molar-refractivity contribution in [1.29, 1.82) is 0 Å². The standard InChI is InChI=1S/C18H19ClFN3O3/c19-12-1-5-15(6-2-12)25-11-17(24)23-14-3-7-16(8-4-14)26-18-21-9-13(20)10-22-18/h1-2,5-6,9-10,14,16H,3-4,7-8,11H2,(H,23,24). The van der Waals surface area contributed by atoms with Crippen molar-refractivity contribution in [3.8, 4) is 11.8 Å². The molecule has 3 rings (SSSR count). The zero-order valence-corrected chi connectivity index (χ0v) is 14.8. The molecular formula is C18H19ClFN3O3. The molecule has 1 fully saturated rings. The molecular weight excluding hydrogens is 361 g/mol. The fourth-order valence-corrected chi connectivity index (χ4v) is 2.91. The molecule has 26 heavy (non-hydrogen) atoms. The van der Waals surface area contributed by atoms with Crippen LogP contribution in [0.15, 0.2) is 36.7 Å². The summed E-state index contributed by atoms with van der Waals surface area (Å²) in [7, 11) is 0. The van der Waals surface area contributed by atoms with E-state index in [1.165, 1.54) is 0 Å². The number of halogens is 2. The minimum Gasteiger partial charge on any atom is -0.484 e. The summed E-state index contributed by atoms with van der Waals surface area (Å²) in [5.41, 5.74) is 0. The predicted octanol–water partition coefficient (Wildman–Crippen LogP) is 3.15. The molecule has 1 saturated carbocycles. The molecule has 1 amide bonds. The van der Waals surface area contributed by atoms with Crippen LogP contribution in [0.2, 0.25) is 5.02 Å². The van der Waals surface area contributed by atoms with Gasteiger partial charge >= 0.3 is 6.01 Å². The number of carbonyl (C=O) groups excluding carboxylic acids is 1. The lowest BCUT2D eigenvalue weighted by molar-refractivity contribution is -0.124. The highest BCUT2D eigenvalue weighted by atomic mass is 35.5. The fourth-order valence-electron chi connectivity index (χ4n) is 2.78. The molecule has 1 aromatic carbocycles. The second kappa shape index (κ2) is 8.80. The predicted molar refractivity (Wildman–Crippen MR) is 93.8 cm³/mol. The highest BCUT2D eigenvalue weighted by Crippen LogP contribution is 2.22. The Hall–Kier alpha value is -2.41. The van der Waals surface area contributed by atoms with E-state index in [1.807, 2.05) is 0 Å². The van der Waals surface area contributed by atoms with Gasteiger partial charge in [0.25, 0.3) is 5.91 Å². The van der Waals surface area contributed by atoms with E-state index in [0.29, 0.717) is 10.8 Å². The van der Waals surface area contributed by atoms with Gasteiger partial charge in [-0.3, -0.25) is 4.79 Å². The topological polar surface area (TPSA) is 73.3 Å². The van der Waals surface area contributed by atoms with Crippen molar-refractivity contribution < 1.29 is 18.7 Å². The number of aromatic nitrogens is 2. The number of hydrogen-bond acceptors (Lipinski definition) is 5. The van der Waals surface area contributed by atoms with Gasteiger partial charge in [-0.1, -0.05) is 11.6 Å². The lowest BCUT2D eigenvalue weighted by atomic mass is 9.93. The van der Waals surface area contributed by atoms with Crippen molar-refractivity contribution in [2.75, 3.05) is 6.61 Å². The van der Waals surface area contributed by atoms with Gasteiger partial charge in [-0.25, -0.2) is 14.4 Å². The smallest absolute Gasteiger partial charge is 0.316 e. The van der Waals surface area contributed by atoms with Crippen LogP contribution in [-0.2, 0) is 4.79 Å². The summed E-state index contributed by atoms with van der Waals surface area (Å²) in [4.78, 5) is 19.6. The molecule has 2 aromatic rings. The second-order valence-electron chi connectivity index (χ2n) is 6.09. The molecule has 0 bridgehead atoms. The van der Waals surface area contributed by atoms with Crippen LogP contribution in [0, 0.1) is 5.82 Å². The van der Waals surface area contributed by atoms with E-state index in [2.05, 4.69) is 15.3 Å². The SMILES string of the molecule is O=C(COc1ccc(Cl)cc1)NC1CCC(Oc2ncc(F)cn2)CC1. The van der Waals surface area contributed by atoms with Gasteiger partial charge in [0, 0.05) is 11.1 Å². The largest absolute Gasteiger partial charge is 0.484 e. The minimum absolute atomic E-state index is 0.0288. The maximum absolute atomic E-state index is 12.8. The van der Waals surface area contributed by atoms with Crippen molar-refractivity contribution in [3.05, 3.63) is 47.5 Å². The van der Waals surface area contributed by atoms with Crippen LogP contribution < -0.4 is 14.8 Å². The van der Waals surface area contributed by atoms with Gasteiger partial charge in [0.05, 0.1) is 12.4 Å². The Morgan fingerprint density at radius 1 is 1.15 bits per heavy atom. The molecule has 0 aliphatic heterocycles. The van der Waals surface area contributed by atoms with E-state index in [1.54, 1.807) is 24.3 Å². The van der Waals surface area contributed by atoms with Crippen LogP contribution >= 0.6 is 11.6 Å². The van der Waals surface area contributed by atoms with Gasteiger partial charge in [-0.2, -0.15) is 0 Å². The maximum atomic E-state index is 12.8. The summed E-state index contributed by atoms with van der Waals surface area (Å²) in [6.07, 6.45) is 5.24. The summed E-state index contributed by atoms with van der Waals surface area (Å²) >= 11 is 5.80. The third-order valence-corrected chi connectivity index (χ3v) is 4.34. The first-order chi connectivity index (χ1) is 12.6. The Morgan fingerprint density at radius 3 is 2.46 bits per heavy atom. The Balaban J connectivity index is 1.37. The zero-order valence-electron chi connectivity index (χ0n) is 14.0. The van der Waals surface area contributed by atoms with Gasteiger partial charge in [0.15, 0.2) is 12.4 Å². The molecule has 1 aliphatic rings. The molecule has 0 spiro atoms. The van der Waals surface area contributed by atoms with Gasteiger partial charge < -0.3 is 14.8 Å². The molecule has 0 unspecified atom stereocenters. The highest BCUT2D eigenvalue weighted by molar-refractivity contribution is 6.30. The molecule has 1 aromatic heterocycles. The highest BCUT2D eigenvalue weighted by Gasteiger charge is 2.24. The van der Waals surface area contributed by atoms with E-state index in [-0.39, 0.29) is 30.7 Å². The van der Waals surface area contributed by atoms with Crippen LogP contribution in [0.25, 0.3) is 0 Å². The number of benzene rings is 1. The fraction of sp³-hybridized carbons (Fsp3) is 0.389. The number of nitrogens with one attached hydrogen (secondary N) is 1. The zero-order chi connectivity index (χ0) is 18.4. The van der Waals surface area contributed by atoms with Crippen molar-refractivity contribution in [3.63, 3.8) is 0 Å². The maximum Gasteiger partial charge on any atom is 0.316 e. The average molecular weight is 380 g/mol. The quantitative estimate of drug-likeness (QED) is 0.834. The summed E-state index contributed by atoms with van der Waals surface area (Å²) < 4.78 is 23.9. The number of ether oxygens (including phenoxy) is 2. The van der Waals surface area contributed by atoms with Crippen LogP contribution in [-0.4, -0.2) is 34.6 Å². The Labute approximate surface area is 155 Å². The Morgan fingerprint density at radius 2 is 1.81 bits per heavy atom. The number of rotatable bonds is 6. The van der Waals surface area contributed by atoms with Gasteiger partial charge in [-0.05, 0) is 49.9 Å². The third kappa shape index (κ3) is 5.56. The molecule has 1 heterocycles. The summed E-state index contributed by atoms with van der Waals surface area (Å²) in [6, 6.07) is 7.12. The first kappa shape index (κ1) is 18.4. The molecule has 0 atom stereocenters. The van der Waals surface area contributed by atoms with Gasteiger partial charge in [0.1, 0.15) is 11.9 Å². The Bertz CT molecular complexity index is 719. The third-order valence-electron chi connectivity index (χ3n) is 4.09. The number of hydrogen-bond donors (Lipinski definition) is 1. The van der Waals surface area contributed by atoms with E-state index < -0.39 is 5.82 Å². The Kier molecular flexibility index (Phi) is 6.22. The average Bonchev–Trinajstić information content (AvgIpc) is 2.65. The van der Waals surface area contributed by atoms with Crippen LogP contribution in [0.1, 0.15) is 25.7 Å². The number of carbonyl (C=O) groups is 1. The molecule has 138 valence electrons. The second-order valence-corrected chi connectivity index (χ2v) is 6.52. The van der Waals surface area contributed by atoms with E-state index in [9.17, 15) is 9.18 Å². The van der Waals surface area contributed by atoms with Crippen molar-refractivity contribution in [2.45, 2.75) is 37.8 Å². The van der Waals surface area contributed by atoms with Gasteiger partial charge in [-0.15, -0.1) is 0 Å². The molecule has 1 N–H and O–H groups in total. The van der Waals surface area contributed by atoms with Crippen LogP contribution in [0.3, 0.4) is 0 Å². The first-order valence-corrected chi connectivity index (χ1v) is 8.78. The first-order valence-electron chi connectivity index (χ1n) is 8.40. The van der Waals surface area contributed by atoms with Crippen molar-refractivity contribution in [1.82, 2.24) is 15.3 Å². The van der Waals surface area contributed by atoms with Crippen molar-refractivity contribution in [2.24, 2.45) is 0 Å². The summed E-state index contributed by atoms with van der Waals surface area (Å²) in [5.74, 6) is -0.0586. The molecule has 0 radical (unpaired) electrons. The number of amides is 1. The molecule has 8 heteroatoms. The van der Waals surface area contributed by atoms with Crippen LogP contribution in [0.4, 0.5) is 4.39 Å². The summed E-state index contributed by atoms with van der Waals surface area (Å²) in [5, 5.41) is 3.58. The van der Waals surface area contributed by atoms with E-state index in [0.717, 1.165) is 38.1 Å². The minimum atomic E-state index is -0.496. The molecule has 6 nitrogen and oxygen atoms in total. The molecule has 0 saturated heterocycles. The summed E-state index contributed by atoms with van der Waals surface area (Å²) in [6.45, 7) is -0.0402. The van der Waals surface area contributed by atoms with Crippen LogP contribution in [0.5, 0.6) is 11.8 Å². The van der Waals surface area contributed by atoms with Gasteiger partial charge in [0.2, 0.25) is 0 Å².